The third-order valence-corrected chi connectivity index (χ3v) is 4.39. The van der Waals surface area contributed by atoms with Crippen LogP contribution in [-0.4, -0.2) is 54.4 Å². The molecule has 13 heteroatoms. The molecule has 2 N–H and O–H groups in total. The first-order valence-electron chi connectivity index (χ1n) is 8.79. The molecule has 0 atom stereocenters. The van der Waals surface area contributed by atoms with Gasteiger partial charge in [0.1, 0.15) is 0 Å². The monoisotopic (exact) mass is 446 g/mol. The van der Waals surface area contributed by atoms with Gasteiger partial charge in [0.15, 0.2) is 5.82 Å². The van der Waals surface area contributed by atoms with Crippen LogP contribution >= 0.6 is 11.6 Å². The number of morpholine rings is 1. The van der Waals surface area contributed by atoms with E-state index in [4.69, 9.17) is 21.1 Å². The number of hydrogen-bond donors (Lipinski definition) is 2. The molecule has 9 nitrogen and oxygen atoms in total. The molecule has 0 unspecified atom stereocenters. The molecule has 30 heavy (non-hydrogen) atoms. The van der Waals surface area contributed by atoms with E-state index in [0.717, 1.165) is 12.1 Å². The van der Waals surface area contributed by atoms with Crippen LogP contribution in [0.3, 0.4) is 0 Å². The highest BCUT2D eigenvalue weighted by atomic mass is 35.5. The smallest absolute Gasteiger partial charge is 0.417 e. The van der Waals surface area contributed by atoms with Gasteiger partial charge in [0.05, 0.1) is 37.5 Å². The first kappa shape index (κ1) is 21.8. The van der Waals surface area contributed by atoms with Crippen molar-refractivity contribution in [3.63, 3.8) is 0 Å². The minimum absolute atomic E-state index is 0.0635. The molecule has 0 radical (unpaired) electrons. The molecule has 1 aromatic heterocycles. The van der Waals surface area contributed by atoms with E-state index in [9.17, 15) is 18.0 Å². The standard InChI is InChI=1S/C17H18ClF3N6O3/c1-29-16-25-13(24-14(26-16)27-4-6-30-7-5-27)9-22-15(28)23-10-2-3-12(18)11(8-10)17(19,20)21/h2-3,8H,4-7,9H2,1H3,(H2,22,23,28). The van der Waals surface area contributed by atoms with E-state index in [1.54, 1.807) is 0 Å². The number of carbonyl (C=O) groups excluding carboxylic acids is 1. The van der Waals surface area contributed by atoms with E-state index >= 15 is 0 Å². The normalized spacial score (nSPS) is 14.4. The van der Waals surface area contributed by atoms with Crippen molar-refractivity contribution in [1.82, 2.24) is 20.3 Å². The quantitative estimate of drug-likeness (QED) is 0.728. The fourth-order valence-electron chi connectivity index (χ4n) is 2.62. The van der Waals surface area contributed by atoms with Gasteiger partial charge in [-0.2, -0.15) is 28.1 Å². The molecular weight excluding hydrogens is 429 g/mol. The highest BCUT2D eigenvalue weighted by Crippen LogP contribution is 2.36. The zero-order valence-corrected chi connectivity index (χ0v) is 16.5. The Kier molecular flexibility index (Phi) is 6.77. The average Bonchev–Trinajstić information content (AvgIpc) is 2.73. The largest absolute Gasteiger partial charge is 0.467 e. The Morgan fingerprint density at radius 1 is 1.27 bits per heavy atom. The van der Waals surface area contributed by atoms with Crippen LogP contribution in [-0.2, 0) is 17.5 Å². The molecule has 2 aromatic rings. The van der Waals surface area contributed by atoms with E-state index in [-0.39, 0.29) is 24.1 Å². The molecule has 162 valence electrons. The van der Waals surface area contributed by atoms with Gasteiger partial charge in [0.25, 0.3) is 0 Å². The van der Waals surface area contributed by atoms with Gasteiger partial charge in [-0.15, -0.1) is 0 Å². The zero-order valence-electron chi connectivity index (χ0n) is 15.8. The maximum Gasteiger partial charge on any atom is 0.417 e. The summed E-state index contributed by atoms with van der Waals surface area (Å²) in [6.45, 7) is 2.16. The van der Waals surface area contributed by atoms with Crippen molar-refractivity contribution in [3.05, 3.63) is 34.6 Å². The number of aromatic nitrogens is 3. The number of carbonyl (C=O) groups is 1. The molecule has 2 amide bonds. The van der Waals surface area contributed by atoms with Crippen LogP contribution < -0.4 is 20.3 Å². The molecule has 3 rings (SSSR count). The van der Waals surface area contributed by atoms with Gasteiger partial charge < -0.3 is 25.0 Å². The number of rotatable bonds is 5. The number of halogens is 4. The second-order valence-corrected chi connectivity index (χ2v) is 6.55. The summed E-state index contributed by atoms with van der Waals surface area (Å²) in [5.74, 6) is 0.612. The summed E-state index contributed by atoms with van der Waals surface area (Å²) in [5.41, 5.74) is -1.11. The Balaban J connectivity index is 1.66. The highest BCUT2D eigenvalue weighted by molar-refractivity contribution is 6.31. The number of amides is 2. The van der Waals surface area contributed by atoms with Gasteiger partial charge in [-0.25, -0.2) is 4.79 Å². The lowest BCUT2D eigenvalue weighted by Crippen LogP contribution is -2.38. The lowest BCUT2D eigenvalue weighted by atomic mass is 10.2. The Bertz CT molecular complexity index is 909. The van der Waals surface area contributed by atoms with Gasteiger partial charge in [-0.05, 0) is 18.2 Å². The van der Waals surface area contributed by atoms with Crippen molar-refractivity contribution in [2.45, 2.75) is 12.7 Å². The molecule has 2 heterocycles. The van der Waals surface area contributed by atoms with E-state index in [1.165, 1.54) is 13.2 Å². The van der Waals surface area contributed by atoms with Crippen molar-refractivity contribution in [2.75, 3.05) is 43.6 Å². The van der Waals surface area contributed by atoms with Crippen molar-refractivity contribution in [1.29, 1.82) is 0 Å². The molecule has 1 fully saturated rings. The van der Waals surface area contributed by atoms with Crippen LogP contribution in [0.4, 0.5) is 29.6 Å². The predicted octanol–water partition coefficient (Wildman–Crippen LogP) is 2.71. The first-order chi connectivity index (χ1) is 14.3. The third-order valence-electron chi connectivity index (χ3n) is 4.06. The number of alkyl halides is 3. The molecule has 1 saturated heterocycles. The Morgan fingerprint density at radius 3 is 2.67 bits per heavy atom. The summed E-state index contributed by atoms with van der Waals surface area (Å²) in [5, 5.41) is 4.35. The van der Waals surface area contributed by atoms with E-state index in [1.807, 2.05) is 4.90 Å². The first-order valence-corrected chi connectivity index (χ1v) is 9.17. The summed E-state index contributed by atoms with van der Waals surface area (Å²) >= 11 is 5.57. The van der Waals surface area contributed by atoms with Crippen molar-refractivity contribution >= 4 is 29.3 Å². The lowest BCUT2D eigenvalue weighted by Gasteiger charge is -2.26. The number of urea groups is 1. The number of nitrogens with zero attached hydrogens (tertiary/aromatic N) is 4. The highest BCUT2D eigenvalue weighted by Gasteiger charge is 2.33. The molecule has 1 aromatic carbocycles. The van der Waals surface area contributed by atoms with Crippen LogP contribution in [0.2, 0.25) is 5.02 Å². The van der Waals surface area contributed by atoms with Crippen molar-refractivity contribution < 1.29 is 27.4 Å². The fraction of sp³-hybridized carbons (Fsp3) is 0.412. The van der Waals surface area contributed by atoms with Gasteiger partial charge in [-0.1, -0.05) is 11.6 Å². The maximum absolute atomic E-state index is 12.9. The van der Waals surface area contributed by atoms with Crippen LogP contribution in [0, 0.1) is 0 Å². The van der Waals surface area contributed by atoms with Crippen LogP contribution in [0.5, 0.6) is 6.01 Å². The molecule has 1 aliphatic rings. The summed E-state index contributed by atoms with van der Waals surface area (Å²) in [6.07, 6.45) is -4.64. The van der Waals surface area contributed by atoms with Gasteiger partial charge in [-0.3, -0.25) is 0 Å². The van der Waals surface area contributed by atoms with E-state index in [0.29, 0.717) is 32.3 Å². The fourth-order valence-corrected chi connectivity index (χ4v) is 2.84. The predicted molar refractivity (Wildman–Crippen MR) is 102 cm³/mol. The molecule has 0 spiro atoms. The van der Waals surface area contributed by atoms with Crippen LogP contribution in [0.15, 0.2) is 18.2 Å². The number of benzene rings is 1. The molecule has 0 bridgehead atoms. The van der Waals surface area contributed by atoms with Crippen LogP contribution in [0.25, 0.3) is 0 Å². The molecular formula is C17H18ClF3N6O3. The van der Waals surface area contributed by atoms with Gasteiger partial charge in [0.2, 0.25) is 5.95 Å². The summed E-state index contributed by atoms with van der Waals surface area (Å²) in [4.78, 5) is 26.6. The second kappa shape index (κ2) is 9.30. The number of nitrogens with one attached hydrogen (secondary N) is 2. The van der Waals surface area contributed by atoms with Gasteiger partial charge >= 0.3 is 18.2 Å². The Labute approximate surface area is 174 Å². The molecule has 1 aliphatic heterocycles. The Morgan fingerprint density at radius 2 is 2.00 bits per heavy atom. The average molecular weight is 447 g/mol. The topological polar surface area (TPSA) is 102 Å². The number of anilines is 2. The van der Waals surface area contributed by atoms with Crippen molar-refractivity contribution in [2.24, 2.45) is 0 Å². The maximum atomic E-state index is 12.9. The Hall–Kier alpha value is -2.86. The summed E-state index contributed by atoms with van der Waals surface area (Å²) < 4.78 is 49.2. The van der Waals surface area contributed by atoms with E-state index in [2.05, 4.69) is 25.6 Å². The summed E-state index contributed by atoms with van der Waals surface area (Å²) in [6, 6.07) is 2.42. The molecule has 0 aliphatic carbocycles. The number of methoxy groups -OCH3 is 1. The minimum atomic E-state index is -4.64. The zero-order chi connectivity index (χ0) is 21.7. The number of ether oxygens (including phenoxy) is 2. The third kappa shape index (κ3) is 5.60. The van der Waals surface area contributed by atoms with E-state index < -0.39 is 22.8 Å². The lowest BCUT2D eigenvalue weighted by molar-refractivity contribution is -0.137. The SMILES string of the molecule is COc1nc(CNC(=O)Nc2ccc(Cl)c(C(F)(F)F)c2)nc(N2CCOCC2)n1. The molecule has 0 saturated carbocycles. The second-order valence-electron chi connectivity index (χ2n) is 6.14. The van der Waals surface area contributed by atoms with Crippen LogP contribution in [0.1, 0.15) is 11.4 Å². The van der Waals surface area contributed by atoms with Gasteiger partial charge in [0, 0.05) is 18.8 Å². The van der Waals surface area contributed by atoms with Crippen molar-refractivity contribution in [3.8, 4) is 6.01 Å². The minimum Gasteiger partial charge on any atom is -0.467 e. The summed E-state index contributed by atoms with van der Waals surface area (Å²) in [7, 11) is 1.40. The number of hydrogen-bond acceptors (Lipinski definition) is 7.